The van der Waals surface area contributed by atoms with E-state index < -0.39 is 5.97 Å². The van der Waals surface area contributed by atoms with Gasteiger partial charge in [-0.2, -0.15) is 0 Å². The van der Waals surface area contributed by atoms with Gasteiger partial charge in [-0.3, -0.25) is 4.79 Å². The fraction of sp³-hybridized carbons (Fsp3) is 0.654. The molecule has 0 saturated carbocycles. The number of para-hydroxylation sites is 1. The summed E-state index contributed by atoms with van der Waals surface area (Å²) < 4.78 is 0. The molecule has 0 radical (unpaired) electrons. The SMILES string of the molecule is CCCCCCCCCCCCCCCCCC(=O)NC(=S)Nc1ccccc1C(=O)O. The van der Waals surface area contributed by atoms with E-state index in [1.165, 1.54) is 89.5 Å². The molecule has 0 aliphatic rings. The van der Waals surface area contributed by atoms with E-state index in [4.69, 9.17) is 12.2 Å². The Balaban J connectivity index is 1.96. The molecule has 0 bridgehead atoms. The first-order valence-electron chi connectivity index (χ1n) is 12.5. The maximum atomic E-state index is 12.0. The molecule has 0 saturated heterocycles. The van der Waals surface area contributed by atoms with Gasteiger partial charge in [0.05, 0.1) is 11.3 Å². The van der Waals surface area contributed by atoms with Crippen LogP contribution in [0.25, 0.3) is 0 Å². The first-order valence-corrected chi connectivity index (χ1v) is 12.9. The van der Waals surface area contributed by atoms with Crippen molar-refractivity contribution in [2.24, 2.45) is 0 Å². The number of hydrogen-bond acceptors (Lipinski definition) is 3. The van der Waals surface area contributed by atoms with Crippen molar-refractivity contribution in [1.82, 2.24) is 5.32 Å². The lowest BCUT2D eigenvalue weighted by molar-refractivity contribution is -0.119. The maximum Gasteiger partial charge on any atom is 0.337 e. The lowest BCUT2D eigenvalue weighted by atomic mass is 10.0. The quantitative estimate of drug-likeness (QED) is 0.156. The molecule has 0 heterocycles. The number of anilines is 1. The normalized spacial score (nSPS) is 10.7. The molecule has 0 aliphatic heterocycles. The minimum absolute atomic E-state index is 0.117. The number of carbonyl (C=O) groups is 2. The van der Waals surface area contributed by atoms with Crippen LogP contribution < -0.4 is 10.6 Å². The summed E-state index contributed by atoms with van der Waals surface area (Å²) in [5.74, 6) is -1.18. The topological polar surface area (TPSA) is 78.4 Å². The van der Waals surface area contributed by atoms with Gasteiger partial charge in [-0.1, -0.05) is 109 Å². The molecule has 0 fully saturated rings. The Morgan fingerprint density at radius 2 is 1.25 bits per heavy atom. The highest BCUT2D eigenvalue weighted by Crippen LogP contribution is 2.15. The monoisotopic (exact) mass is 462 g/mol. The molecule has 0 unspecified atom stereocenters. The van der Waals surface area contributed by atoms with Crippen molar-refractivity contribution in [3.63, 3.8) is 0 Å². The molecular formula is C26H42N2O3S. The highest BCUT2D eigenvalue weighted by molar-refractivity contribution is 7.80. The lowest BCUT2D eigenvalue weighted by Crippen LogP contribution is -2.34. The van der Waals surface area contributed by atoms with Crippen molar-refractivity contribution in [3.05, 3.63) is 29.8 Å². The van der Waals surface area contributed by atoms with Crippen LogP contribution in [0.5, 0.6) is 0 Å². The van der Waals surface area contributed by atoms with Gasteiger partial charge >= 0.3 is 5.97 Å². The Hall–Kier alpha value is -1.95. The Bertz CT molecular complexity index is 679. The number of carboxylic acid groups (broad SMARTS) is 1. The molecule has 32 heavy (non-hydrogen) atoms. The Labute approximate surface area is 199 Å². The minimum atomic E-state index is -1.04. The highest BCUT2D eigenvalue weighted by atomic mass is 32.1. The number of carboxylic acids is 1. The summed E-state index contributed by atoms with van der Waals surface area (Å²) in [4.78, 5) is 23.3. The number of benzene rings is 1. The molecule has 1 amide bonds. The van der Waals surface area contributed by atoms with Gasteiger partial charge in [-0.15, -0.1) is 0 Å². The Morgan fingerprint density at radius 1 is 0.781 bits per heavy atom. The zero-order valence-corrected chi connectivity index (χ0v) is 20.6. The summed E-state index contributed by atoms with van der Waals surface area (Å²) in [6.45, 7) is 2.26. The van der Waals surface area contributed by atoms with Gasteiger partial charge in [0.1, 0.15) is 0 Å². The largest absolute Gasteiger partial charge is 0.478 e. The van der Waals surface area contributed by atoms with E-state index in [0.717, 1.165) is 12.8 Å². The molecule has 1 rings (SSSR count). The van der Waals surface area contributed by atoms with E-state index in [1.807, 2.05) is 0 Å². The second-order valence-electron chi connectivity index (χ2n) is 8.55. The van der Waals surface area contributed by atoms with Crippen LogP contribution in [0.3, 0.4) is 0 Å². The van der Waals surface area contributed by atoms with Crippen LogP contribution in [-0.4, -0.2) is 22.1 Å². The third kappa shape index (κ3) is 14.2. The van der Waals surface area contributed by atoms with Crippen molar-refractivity contribution in [3.8, 4) is 0 Å². The second kappa shape index (κ2) is 18.6. The molecule has 180 valence electrons. The highest BCUT2D eigenvalue weighted by Gasteiger charge is 2.11. The van der Waals surface area contributed by atoms with Crippen LogP contribution in [-0.2, 0) is 4.79 Å². The van der Waals surface area contributed by atoms with Crippen LogP contribution in [0.2, 0.25) is 0 Å². The minimum Gasteiger partial charge on any atom is -0.478 e. The second-order valence-corrected chi connectivity index (χ2v) is 8.96. The number of carbonyl (C=O) groups excluding carboxylic acids is 1. The van der Waals surface area contributed by atoms with E-state index in [9.17, 15) is 14.7 Å². The zero-order chi connectivity index (χ0) is 23.4. The number of aromatic carboxylic acids is 1. The standard InChI is InChI=1S/C26H42N2O3S/c1-2-3-4-5-6-7-8-9-10-11-12-13-14-15-16-21-24(29)28-26(32)27-23-20-18-17-19-22(23)25(30)31/h17-20H,2-16,21H2,1H3,(H,30,31)(H2,27,28,29,32). The first-order chi connectivity index (χ1) is 15.5. The van der Waals surface area contributed by atoms with Crippen LogP contribution >= 0.6 is 12.2 Å². The molecule has 6 heteroatoms. The van der Waals surface area contributed by atoms with Crippen molar-refractivity contribution < 1.29 is 14.7 Å². The molecule has 0 atom stereocenters. The van der Waals surface area contributed by atoms with E-state index in [2.05, 4.69) is 17.6 Å². The summed E-state index contributed by atoms with van der Waals surface area (Å²) >= 11 is 5.13. The van der Waals surface area contributed by atoms with Gasteiger partial charge in [0.25, 0.3) is 0 Å². The lowest BCUT2D eigenvalue weighted by Gasteiger charge is -2.11. The van der Waals surface area contributed by atoms with E-state index in [-0.39, 0.29) is 16.6 Å². The molecule has 0 aromatic heterocycles. The Kier molecular flexibility index (Phi) is 16.3. The average molecular weight is 463 g/mol. The predicted octanol–water partition coefficient (Wildman–Crippen LogP) is 7.46. The molecule has 1 aromatic rings. The number of nitrogens with one attached hydrogen (secondary N) is 2. The van der Waals surface area contributed by atoms with Gasteiger partial charge in [0.2, 0.25) is 5.91 Å². The molecule has 5 nitrogen and oxygen atoms in total. The van der Waals surface area contributed by atoms with E-state index in [0.29, 0.717) is 12.1 Å². The number of unbranched alkanes of at least 4 members (excludes halogenated alkanes) is 14. The van der Waals surface area contributed by atoms with Gasteiger partial charge < -0.3 is 15.7 Å². The summed E-state index contributed by atoms with van der Waals surface area (Å²) in [6, 6.07) is 6.48. The maximum absolute atomic E-state index is 12.0. The summed E-state index contributed by atoms with van der Waals surface area (Å²) in [5, 5.41) is 14.7. The van der Waals surface area contributed by atoms with Crippen molar-refractivity contribution in [1.29, 1.82) is 0 Å². The molecular weight excluding hydrogens is 420 g/mol. The summed E-state index contributed by atoms with van der Waals surface area (Å²) in [7, 11) is 0. The fourth-order valence-electron chi connectivity index (χ4n) is 3.78. The van der Waals surface area contributed by atoms with Crippen molar-refractivity contribution >= 4 is 34.9 Å². The van der Waals surface area contributed by atoms with Gasteiger partial charge in [0.15, 0.2) is 5.11 Å². The first kappa shape index (κ1) is 28.1. The van der Waals surface area contributed by atoms with Gasteiger partial charge in [0, 0.05) is 6.42 Å². The zero-order valence-electron chi connectivity index (χ0n) is 19.8. The van der Waals surface area contributed by atoms with Crippen LogP contribution in [0, 0.1) is 0 Å². The van der Waals surface area contributed by atoms with Crippen LogP contribution in [0.15, 0.2) is 24.3 Å². The van der Waals surface area contributed by atoms with Gasteiger partial charge in [-0.25, -0.2) is 4.79 Å². The van der Waals surface area contributed by atoms with Crippen molar-refractivity contribution in [2.75, 3.05) is 5.32 Å². The van der Waals surface area contributed by atoms with Gasteiger partial charge in [-0.05, 0) is 30.8 Å². The number of hydrogen-bond donors (Lipinski definition) is 3. The van der Waals surface area contributed by atoms with E-state index in [1.54, 1.807) is 18.2 Å². The van der Waals surface area contributed by atoms with Crippen LogP contribution in [0.1, 0.15) is 120 Å². The summed E-state index contributed by atoms with van der Waals surface area (Å²) in [6.07, 6.45) is 19.8. The predicted molar refractivity (Wildman–Crippen MR) is 137 cm³/mol. The number of rotatable bonds is 18. The van der Waals surface area contributed by atoms with Crippen LogP contribution in [0.4, 0.5) is 5.69 Å². The Morgan fingerprint density at radius 3 is 1.75 bits per heavy atom. The molecule has 1 aromatic carbocycles. The third-order valence-electron chi connectivity index (χ3n) is 5.67. The average Bonchev–Trinajstić information content (AvgIpc) is 2.76. The smallest absolute Gasteiger partial charge is 0.337 e. The van der Waals surface area contributed by atoms with Crippen molar-refractivity contribution in [2.45, 2.75) is 110 Å². The fourth-order valence-corrected chi connectivity index (χ4v) is 4.00. The number of thiocarbonyl (C=S) groups is 1. The third-order valence-corrected chi connectivity index (χ3v) is 5.87. The summed E-state index contributed by atoms with van der Waals surface area (Å²) in [5.41, 5.74) is 0.490. The molecule has 3 N–H and O–H groups in total. The number of amides is 1. The molecule has 0 spiro atoms. The molecule has 0 aliphatic carbocycles. The van der Waals surface area contributed by atoms with E-state index >= 15 is 0 Å².